The van der Waals surface area contributed by atoms with E-state index in [1.807, 2.05) is 6.07 Å². The molecule has 0 saturated heterocycles. The van der Waals surface area contributed by atoms with E-state index in [9.17, 15) is 0 Å². The zero-order valence-corrected chi connectivity index (χ0v) is 8.83. The predicted molar refractivity (Wildman–Crippen MR) is 36.1 cm³/mol. The summed E-state index contributed by atoms with van der Waals surface area (Å²) in [5, 5.41) is 8.42. The fourth-order valence-corrected chi connectivity index (χ4v) is 0.560. The van der Waals surface area contributed by atoms with E-state index >= 15 is 0 Å². The van der Waals surface area contributed by atoms with Crippen LogP contribution >= 0.6 is 0 Å². The molecule has 1 aromatic heterocycles. The molecule has 0 aliphatic heterocycles. The van der Waals surface area contributed by atoms with Gasteiger partial charge in [0.05, 0.1) is 12.0 Å². The zero-order valence-electron chi connectivity index (χ0n) is 6.00. The molecule has 11 heavy (non-hydrogen) atoms. The molecule has 0 unspecified atom stereocenters. The summed E-state index contributed by atoms with van der Waals surface area (Å²) in [7, 11) is 0. The Hall–Kier alpha value is -0.526. The van der Waals surface area contributed by atoms with Crippen molar-refractivity contribution in [3.8, 4) is 6.07 Å². The minimum atomic E-state index is 0. The quantitative estimate of drug-likeness (QED) is 0.566. The second-order valence-corrected chi connectivity index (χ2v) is 1.55. The molecule has 0 atom stereocenters. The van der Waals surface area contributed by atoms with Crippen molar-refractivity contribution in [2.45, 2.75) is 6.92 Å². The van der Waals surface area contributed by atoms with Crippen LogP contribution in [0.5, 0.6) is 0 Å². The molecule has 0 aromatic carbocycles. The van der Waals surface area contributed by atoms with Crippen molar-refractivity contribution in [1.82, 2.24) is 9.97 Å². The van der Waals surface area contributed by atoms with E-state index in [2.05, 4.69) is 21.2 Å². The van der Waals surface area contributed by atoms with Gasteiger partial charge >= 0.3 is 0 Å². The molecule has 1 radical (unpaired) electrons. The Morgan fingerprint density at radius 1 is 1.82 bits per heavy atom. The first-order valence-electron chi connectivity index (χ1n) is 2.69. The molecular weight excluding hydrogens is 217 g/mol. The van der Waals surface area contributed by atoms with Crippen LogP contribution in [0.15, 0.2) is 11.3 Å². The van der Waals surface area contributed by atoms with Gasteiger partial charge in [-0.2, -0.15) is 11.5 Å². The first kappa shape index (κ1) is 10.5. The van der Waals surface area contributed by atoms with Gasteiger partial charge in [0, 0.05) is 38.5 Å². The Balaban J connectivity index is 0.000001000. The molecule has 0 aliphatic carbocycles. The van der Waals surface area contributed by atoms with E-state index in [1.54, 1.807) is 6.92 Å². The third kappa shape index (κ3) is 2.53. The number of hydrogen-bond donors (Lipinski definition) is 1. The van der Waals surface area contributed by atoms with Gasteiger partial charge < -0.3 is 15.0 Å². The summed E-state index contributed by atoms with van der Waals surface area (Å²) in [6, 6.07) is 1.91. The fourth-order valence-electron chi connectivity index (χ4n) is 0.560. The average Bonchev–Trinajstić information content (AvgIpc) is 2.36. The van der Waals surface area contributed by atoms with Crippen LogP contribution in [0.2, 0.25) is 0 Å². The van der Waals surface area contributed by atoms with E-state index in [-0.39, 0.29) is 32.7 Å². The van der Waals surface area contributed by atoms with Gasteiger partial charge in [-0.3, -0.25) is 0 Å². The topological polar surface area (TPSA) is 64.8 Å². The number of nitrogens with zero attached hydrogens (tertiary/aromatic N) is 3. The van der Waals surface area contributed by atoms with Gasteiger partial charge in [0.15, 0.2) is 0 Å². The molecule has 0 spiro atoms. The third-order valence-corrected chi connectivity index (χ3v) is 0.949. The Labute approximate surface area is 89.6 Å². The van der Waals surface area contributed by atoms with Gasteiger partial charge in [-0.05, 0) is 0 Å². The predicted octanol–water partition coefficient (Wildman–Crippen LogP) is 0.878. The molecule has 1 heterocycles. The second-order valence-electron chi connectivity index (χ2n) is 1.55. The SMILES string of the molecule is C[C-]=Nc1nc[nH]c1C#N.[Y]. The summed E-state index contributed by atoms with van der Waals surface area (Å²) in [5.74, 6) is 0.394. The minimum absolute atomic E-state index is 0. The molecule has 1 rings (SSSR count). The maximum Gasteiger partial charge on any atom is 0.101 e. The van der Waals surface area contributed by atoms with Gasteiger partial charge in [-0.25, -0.2) is 0 Å². The molecule has 0 aliphatic rings. The van der Waals surface area contributed by atoms with E-state index in [0.717, 1.165) is 0 Å². The smallest absolute Gasteiger partial charge is 0.101 e. The van der Waals surface area contributed by atoms with Crippen molar-refractivity contribution in [3.05, 3.63) is 12.0 Å². The normalized spacial score (nSPS) is 9.09. The first-order valence-corrected chi connectivity index (χ1v) is 2.69. The molecule has 53 valence electrons. The van der Waals surface area contributed by atoms with Crippen LogP contribution in [0.25, 0.3) is 0 Å². The van der Waals surface area contributed by atoms with Crippen LogP contribution in [-0.2, 0) is 32.7 Å². The number of nitriles is 1. The number of nitrogens with one attached hydrogen (secondary N) is 1. The largest absolute Gasteiger partial charge is 0.438 e. The van der Waals surface area contributed by atoms with Gasteiger partial charge in [-0.1, -0.05) is 0 Å². The average molecular weight is 222 g/mol. The number of rotatable bonds is 1. The monoisotopic (exact) mass is 222 g/mol. The van der Waals surface area contributed by atoms with Crippen molar-refractivity contribution in [2.75, 3.05) is 0 Å². The van der Waals surface area contributed by atoms with Gasteiger partial charge in [0.1, 0.15) is 6.07 Å². The molecule has 5 heteroatoms. The molecule has 0 amide bonds. The number of hydrogen-bond acceptors (Lipinski definition) is 3. The summed E-state index contributed by atoms with van der Waals surface area (Å²) >= 11 is 0. The maximum absolute atomic E-state index is 8.42. The summed E-state index contributed by atoms with van der Waals surface area (Å²) in [5.41, 5.74) is 0.370. The maximum atomic E-state index is 8.42. The number of H-pyrrole nitrogens is 1. The van der Waals surface area contributed by atoms with Crippen LogP contribution in [0.3, 0.4) is 0 Å². The fraction of sp³-hybridized carbons (Fsp3) is 0.167. The molecule has 4 nitrogen and oxygen atoms in total. The number of imidazole rings is 1. The summed E-state index contributed by atoms with van der Waals surface area (Å²) < 4.78 is 0. The van der Waals surface area contributed by atoms with Gasteiger partial charge in [-0.15, -0.1) is 6.92 Å². The molecule has 0 fully saturated rings. The van der Waals surface area contributed by atoms with E-state index < -0.39 is 0 Å². The Kier molecular flexibility index (Phi) is 4.92. The van der Waals surface area contributed by atoms with Crippen molar-refractivity contribution < 1.29 is 32.7 Å². The third-order valence-electron chi connectivity index (χ3n) is 0.949. The Morgan fingerprint density at radius 2 is 2.55 bits per heavy atom. The van der Waals surface area contributed by atoms with Gasteiger partial charge in [0.25, 0.3) is 0 Å². The van der Waals surface area contributed by atoms with E-state index in [0.29, 0.717) is 11.5 Å². The first-order chi connectivity index (χ1) is 4.88. The van der Waals surface area contributed by atoms with Crippen LogP contribution in [0.4, 0.5) is 5.82 Å². The van der Waals surface area contributed by atoms with Crippen LogP contribution in [0, 0.1) is 11.3 Å². The minimum Gasteiger partial charge on any atom is -0.438 e. The van der Waals surface area contributed by atoms with Crippen molar-refractivity contribution in [3.63, 3.8) is 0 Å². The second kappa shape index (κ2) is 5.17. The summed E-state index contributed by atoms with van der Waals surface area (Å²) in [6.07, 6.45) is 3.96. The van der Waals surface area contributed by atoms with Crippen molar-refractivity contribution in [1.29, 1.82) is 5.26 Å². The van der Waals surface area contributed by atoms with Crippen molar-refractivity contribution >= 4 is 12.0 Å². The van der Waals surface area contributed by atoms with Crippen LogP contribution in [0.1, 0.15) is 12.6 Å². The molecule has 1 aromatic rings. The standard InChI is InChI=1S/C6H5N4.Y/c1-2-8-6-5(3-7)9-4-10-6;/h4H,1H3,(H,9,10);/q-1;. The molecule has 1 N–H and O–H groups in total. The Morgan fingerprint density at radius 3 is 3.09 bits per heavy atom. The molecular formula is C6H5N4Y-. The van der Waals surface area contributed by atoms with E-state index in [1.165, 1.54) is 6.33 Å². The molecule has 0 bridgehead atoms. The number of aromatic nitrogens is 2. The Bertz CT molecular complexity index is 283. The molecule has 0 saturated carbocycles. The van der Waals surface area contributed by atoms with Crippen molar-refractivity contribution in [2.24, 2.45) is 4.99 Å². The number of aliphatic imine (C=N–C) groups is 1. The summed E-state index contributed by atoms with van der Waals surface area (Å²) in [6.45, 7) is 1.65. The van der Waals surface area contributed by atoms with Crippen LogP contribution < -0.4 is 0 Å². The summed E-state index contributed by atoms with van der Waals surface area (Å²) in [4.78, 5) is 10.1. The van der Waals surface area contributed by atoms with Crippen LogP contribution in [-0.4, -0.2) is 16.2 Å². The number of aromatic amines is 1. The van der Waals surface area contributed by atoms with Gasteiger partial charge in [0.2, 0.25) is 0 Å². The van der Waals surface area contributed by atoms with E-state index in [4.69, 9.17) is 5.26 Å². The zero-order chi connectivity index (χ0) is 7.40.